The highest BCUT2D eigenvalue weighted by atomic mass is 16.5. The molecule has 2 rings (SSSR count). The van der Waals surface area contributed by atoms with Gasteiger partial charge in [0.2, 0.25) is 0 Å². The van der Waals surface area contributed by atoms with E-state index in [1.165, 1.54) is 0 Å². The minimum Gasteiger partial charge on any atom is -0.409 e. The lowest BCUT2D eigenvalue weighted by Gasteiger charge is -2.26. The molecule has 2 atom stereocenters. The van der Waals surface area contributed by atoms with Crippen LogP contribution in [0.25, 0.3) is 0 Å². The van der Waals surface area contributed by atoms with Crippen molar-refractivity contribution in [2.24, 2.45) is 10.9 Å². The molecule has 2 saturated heterocycles. The summed E-state index contributed by atoms with van der Waals surface area (Å²) in [5.41, 5.74) is 5.39. The summed E-state index contributed by atoms with van der Waals surface area (Å²) in [6.07, 6.45) is 2.22. The van der Waals surface area contributed by atoms with Crippen molar-refractivity contribution in [1.82, 2.24) is 4.90 Å². The van der Waals surface area contributed by atoms with Gasteiger partial charge in [0, 0.05) is 25.6 Å². The zero-order chi connectivity index (χ0) is 9.26. The largest absolute Gasteiger partial charge is 0.409 e. The van der Waals surface area contributed by atoms with E-state index in [9.17, 15) is 0 Å². The van der Waals surface area contributed by atoms with Gasteiger partial charge in [0.25, 0.3) is 0 Å². The summed E-state index contributed by atoms with van der Waals surface area (Å²) < 4.78 is 5.46. The minimum atomic E-state index is 0.309. The highest BCUT2D eigenvalue weighted by Gasteiger charge is 2.38. The van der Waals surface area contributed by atoms with Gasteiger partial charge in [0.15, 0.2) is 0 Å². The maximum Gasteiger partial charge on any atom is 0.140 e. The molecule has 2 unspecified atom stereocenters. The molecule has 0 radical (unpaired) electrons. The van der Waals surface area contributed by atoms with Crippen LogP contribution in [0.3, 0.4) is 0 Å². The highest BCUT2D eigenvalue weighted by Crippen LogP contribution is 2.27. The number of likely N-dealkylation sites (tertiary alicyclic amines) is 1. The SMILES string of the molecule is N/C(CCN1CC2CC1CO2)=N\O. The molecule has 3 N–H and O–H groups in total. The summed E-state index contributed by atoms with van der Waals surface area (Å²) in [7, 11) is 0. The van der Waals surface area contributed by atoms with Crippen LogP contribution in [-0.4, -0.2) is 47.8 Å². The molecule has 0 aliphatic carbocycles. The molecule has 2 fully saturated rings. The summed E-state index contributed by atoms with van der Waals surface area (Å²) in [6, 6.07) is 0.566. The topological polar surface area (TPSA) is 71.1 Å². The molecule has 5 nitrogen and oxygen atoms in total. The van der Waals surface area contributed by atoms with Gasteiger partial charge >= 0.3 is 0 Å². The van der Waals surface area contributed by atoms with Crippen molar-refractivity contribution in [1.29, 1.82) is 0 Å². The molecule has 0 spiro atoms. The number of nitrogens with zero attached hydrogens (tertiary/aromatic N) is 2. The van der Waals surface area contributed by atoms with Gasteiger partial charge in [-0.25, -0.2) is 0 Å². The summed E-state index contributed by atoms with van der Waals surface area (Å²) in [6.45, 7) is 2.73. The van der Waals surface area contributed by atoms with Crippen LogP contribution in [0.1, 0.15) is 12.8 Å². The van der Waals surface area contributed by atoms with E-state index < -0.39 is 0 Å². The Morgan fingerprint density at radius 1 is 1.69 bits per heavy atom. The average molecular weight is 185 g/mol. The predicted octanol–water partition coefficient (Wildman–Crippen LogP) is -0.404. The highest BCUT2D eigenvalue weighted by molar-refractivity contribution is 5.79. The normalized spacial score (nSPS) is 34.3. The monoisotopic (exact) mass is 185 g/mol. The van der Waals surface area contributed by atoms with E-state index in [1.807, 2.05) is 0 Å². The Balaban J connectivity index is 1.77. The number of nitrogens with two attached hydrogens (primary N) is 1. The molecule has 2 aliphatic heterocycles. The van der Waals surface area contributed by atoms with Gasteiger partial charge < -0.3 is 15.7 Å². The molecular weight excluding hydrogens is 170 g/mol. The van der Waals surface area contributed by atoms with Crippen LogP contribution in [0.4, 0.5) is 0 Å². The molecule has 0 aromatic rings. The summed E-state index contributed by atoms with van der Waals surface area (Å²) in [5.74, 6) is 0.309. The van der Waals surface area contributed by atoms with E-state index in [4.69, 9.17) is 15.7 Å². The Labute approximate surface area is 77.1 Å². The standard InChI is InChI=1S/C8H15N3O2/c9-8(10-12)1-2-11-4-7-3-6(11)5-13-7/h6-7,12H,1-5H2,(H2,9,10). The van der Waals surface area contributed by atoms with Crippen molar-refractivity contribution in [2.45, 2.75) is 25.0 Å². The Bertz CT molecular complexity index is 219. The third-order valence-electron chi connectivity index (χ3n) is 2.80. The Hall–Kier alpha value is -0.810. The van der Waals surface area contributed by atoms with Gasteiger partial charge in [-0.3, -0.25) is 4.90 Å². The van der Waals surface area contributed by atoms with Crippen LogP contribution in [0.2, 0.25) is 0 Å². The van der Waals surface area contributed by atoms with E-state index in [0.29, 0.717) is 24.4 Å². The Morgan fingerprint density at radius 3 is 3.08 bits per heavy atom. The van der Waals surface area contributed by atoms with E-state index in [0.717, 1.165) is 26.1 Å². The van der Waals surface area contributed by atoms with Crippen LogP contribution in [0, 0.1) is 0 Å². The first-order valence-electron chi connectivity index (χ1n) is 4.61. The molecule has 0 aromatic heterocycles. The average Bonchev–Trinajstić information content (AvgIpc) is 2.74. The predicted molar refractivity (Wildman–Crippen MR) is 47.7 cm³/mol. The van der Waals surface area contributed by atoms with Crippen LogP contribution in [0.5, 0.6) is 0 Å². The maximum absolute atomic E-state index is 8.36. The number of oxime groups is 1. The van der Waals surface area contributed by atoms with Gasteiger partial charge in [-0.15, -0.1) is 0 Å². The molecule has 2 heterocycles. The van der Waals surface area contributed by atoms with Crippen molar-refractivity contribution in [3.8, 4) is 0 Å². The lowest BCUT2D eigenvalue weighted by Crippen LogP contribution is -2.38. The molecule has 2 bridgehead atoms. The molecule has 0 saturated carbocycles. The van der Waals surface area contributed by atoms with Crippen LogP contribution >= 0.6 is 0 Å². The number of amidine groups is 1. The van der Waals surface area contributed by atoms with E-state index in [2.05, 4.69) is 10.1 Å². The van der Waals surface area contributed by atoms with E-state index >= 15 is 0 Å². The van der Waals surface area contributed by atoms with Gasteiger partial charge in [0.05, 0.1) is 12.7 Å². The lowest BCUT2D eigenvalue weighted by atomic mass is 10.2. The second-order valence-corrected chi connectivity index (χ2v) is 3.68. The van der Waals surface area contributed by atoms with E-state index in [1.54, 1.807) is 0 Å². The molecule has 0 amide bonds. The number of ether oxygens (including phenoxy) is 1. The van der Waals surface area contributed by atoms with Crippen molar-refractivity contribution in [3.05, 3.63) is 0 Å². The van der Waals surface area contributed by atoms with Crippen molar-refractivity contribution >= 4 is 5.84 Å². The number of hydrogen-bond donors (Lipinski definition) is 2. The first-order valence-corrected chi connectivity index (χ1v) is 4.61. The summed E-state index contributed by atoms with van der Waals surface area (Å²) >= 11 is 0. The lowest BCUT2D eigenvalue weighted by molar-refractivity contribution is 0.0317. The Kier molecular flexibility index (Phi) is 2.37. The number of morpholine rings is 1. The first-order chi connectivity index (χ1) is 6.29. The van der Waals surface area contributed by atoms with Gasteiger partial charge in [0.1, 0.15) is 5.84 Å². The maximum atomic E-state index is 8.36. The number of rotatable bonds is 3. The third-order valence-corrected chi connectivity index (χ3v) is 2.80. The fourth-order valence-electron chi connectivity index (χ4n) is 2.06. The molecular formula is C8H15N3O2. The van der Waals surface area contributed by atoms with Gasteiger partial charge in [-0.05, 0) is 6.42 Å². The van der Waals surface area contributed by atoms with E-state index in [-0.39, 0.29) is 0 Å². The van der Waals surface area contributed by atoms with Crippen LogP contribution in [0.15, 0.2) is 5.16 Å². The Morgan fingerprint density at radius 2 is 2.54 bits per heavy atom. The summed E-state index contributed by atoms with van der Waals surface area (Å²) in [4.78, 5) is 2.35. The van der Waals surface area contributed by atoms with Crippen molar-refractivity contribution in [2.75, 3.05) is 19.7 Å². The van der Waals surface area contributed by atoms with Gasteiger partial charge in [-0.1, -0.05) is 5.16 Å². The van der Waals surface area contributed by atoms with Crippen molar-refractivity contribution in [3.63, 3.8) is 0 Å². The zero-order valence-corrected chi connectivity index (χ0v) is 7.52. The molecule has 2 aliphatic rings. The molecule has 5 heteroatoms. The smallest absolute Gasteiger partial charge is 0.140 e. The molecule has 13 heavy (non-hydrogen) atoms. The minimum absolute atomic E-state index is 0.309. The fraction of sp³-hybridized carbons (Fsp3) is 0.875. The van der Waals surface area contributed by atoms with Gasteiger partial charge in [-0.2, -0.15) is 0 Å². The second kappa shape index (κ2) is 3.51. The second-order valence-electron chi connectivity index (χ2n) is 3.68. The first kappa shape index (κ1) is 8.77. The fourth-order valence-corrected chi connectivity index (χ4v) is 2.06. The van der Waals surface area contributed by atoms with Crippen LogP contribution < -0.4 is 5.73 Å². The van der Waals surface area contributed by atoms with Crippen LogP contribution in [-0.2, 0) is 4.74 Å². The summed E-state index contributed by atoms with van der Waals surface area (Å²) in [5, 5.41) is 11.3. The van der Waals surface area contributed by atoms with Crippen molar-refractivity contribution < 1.29 is 9.94 Å². The number of hydrogen-bond acceptors (Lipinski definition) is 4. The molecule has 74 valence electrons. The quantitative estimate of drug-likeness (QED) is 0.271. The zero-order valence-electron chi connectivity index (χ0n) is 7.52. The number of fused-ring (bicyclic) bond motifs is 2. The molecule has 0 aromatic carbocycles. The third kappa shape index (κ3) is 1.76.